The van der Waals surface area contributed by atoms with Gasteiger partial charge in [0.25, 0.3) is 5.91 Å². The van der Waals surface area contributed by atoms with Crippen LogP contribution >= 0.6 is 0 Å². The second-order valence-corrected chi connectivity index (χ2v) is 5.68. The van der Waals surface area contributed by atoms with Crippen molar-refractivity contribution < 1.29 is 9.21 Å². The molecule has 2 aromatic heterocycles. The van der Waals surface area contributed by atoms with Crippen LogP contribution in [-0.2, 0) is 0 Å². The molecule has 118 valence electrons. The molecule has 2 heterocycles. The molecule has 1 amide bonds. The number of nitrogens with one attached hydrogen (secondary N) is 2. The maximum atomic E-state index is 12.4. The van der Waals surface area contributed by atoms with Gasteiger partial charge in [0.2, 0.25) is 5.56 Å². The molecule has 0 spiro atoms. The lowest BCUT2D eigenvalue weighted by molar-refractivity contribution is 0.0998. The predicted molar refractivity (Wildman–Crippen MR) is 93.5 cm³/mol. The smallest absolute Gasteiger partial charge is 0.291 e. The molecule has 0 saturated heterocycles. The molecule has 0 aliphatic heterocycles. The van der Waals surface area contributed by atoms with E-state index in [-0.39, 0.29) is 17.2 Å². The summed E-state index contributed by atoms with van der Waals surface area (Å²) < 4.78 is 5.56. The number of amides is 1. The van der Waals surface area contributed by atoms with Crippen LogP contribution in [0.4, 0.5) is 5.69 Å². The van der Waals surface area contributed by atoms with E-state index in [9.17, 15) is 9.59 Å². The van der Waals surface area contributed by atoms with Gasteiger partial charge in [0.15, 0.2) is 5.76 Å². The lowest BCUT2D eigenvalue weighted by Crippen LogP contribution is -2.11. The molecule has 0 aliphatic rings. The Hall–Kier alpha value is -3.34. The normalized spacial score (nSPS) is 11.0. The number of rotatable bonds is 2. The fourth-order valence-corrected chi connectivity index (χ4v) is 2.80. The van der Waals surface area contributed by atoms with Crippen molar-refractivity contribution in [2.24, 2.45) is 0 Å². The first kappa shape index (κ1) is 14.3. The first-order valence-corrected chi connectivity index (χ1v) is 7.54. The first-order valence-electron chi connectivity index (χ1n) is 7.54. The monoisotopic (exact) mass is 318 g/mol. The van der Waals surface area contributed by atoms with Gasteiger partial charge in [-0.05, 0) is 36.8 Å². The Morgan fingerprint density at radius 2 is 1.92 bits per heavy atom. The highest BCUT2D eigenvalue weighted by atomic mass is 16.3. The van der Waals surface area contributed by atoms with E-state index >= 15 is 0 Å². The van der Waals surface area contributed by atoms with Crippen molar-refractivity contribution in [1.82, 2.24) is 4.98 Å². The zero-order chi connectivity index (χ0) is 16.7. The summed E-state index contributed by atoms with van der Waals surface area (Å²) in [5.41, 5.74) is 2.67. The highest BCUT2D eigenvalue weighted by Crippen LogP contribution is 2.22. The van der Waals surface area contributed by atoms with Crippen LogP contribution in [0.3, 0.4) is 0 Å². The van der Waals surface area contributed by atoms with Gasteiger partial charge in [-0.25, -0.2) is 0 Å². The number of para-hydroxylation sites is 1. The van der Waals surface area contributed by atoms with Crippen molar-refractivity contribution in [3.8, 4) is 0 Å². The van der Waals surface area contributed by atoms with Gasteiger partial charge in [-0.2, -0.15) is 0 Å². The van der Waals surface area contributed by atoms with Crippen molar-refractivity contribution in [2.45, 2.75) is 6.92 Å². The van der Waals surface area contributed by atoms with Gasteiger partial charge in [-0.15, -0.1) is 0 Å². The third-order valence-corrected chi connectivity index (χ3v) is 3.96. The molecule has 0 bridgehead atoms. The van der Waals surface area contributed by atoms with Gasteiger partial charge in [-0.1, -0.05) is 24.3 Å². The number of carbonyl (C=O) groups excluding carboxylic acids is 1. The van der Waals surface area contributed by atoms with Crippen molar-refractivity contribution in [3.05, 3.63) is 76.3 Å². The van der Waals surface area contributed by atoms with Crippen LogP contribution < -0.4 is 10.9 Å². The molecule has 24 heavy (non-hydrogen) atoms. The SMILES string of the molecule is Cc1cc(=O)[nH]c2cc(NC(=O)c3cc4ccccc4o3)ccc12. The number of aromatic amines is 1. The van der Waals surface area contributed by atoms with Crippen LogP contribution in [0.15, 0.2) is 63.8 Å². The lowest BCUT2D eigenvalue weighted by atomic mass is 10.1. The highest BCUT2D eigenvalue weighted by Gasteiger charge is 2.12. The topological polar surface area (TPSA) is 75.1 Å². The summed E-state index contributed by atoms with van der Waals surface area (Å²) in [6.07, 6.45) is 0. The summed E-state index contributed by atoms with van der Waals surface area (Å²) >= 11 is 0. The van der Waals surface area contributed by atoms with Crippen molar-refractivity contribution in [2.75, 3.05) is 5.32 Å². The molecule has 0 aliphatic carbocycles. The van der Waals surface area contributed by atoms with E-state index in [1.807, 2.05) is 37.3 Å². The number of benzene rings is 2. The fourth-order valence-electron chi connectivity index (χ4n) is 2.80. The van der Waals surface area contributed by atoms with Crippen molar-refractivity contribution >= 4 is 33.5 Å². The molecule has 0 atom stereocenters. The Balaban J connectivity index is 1.68. The number of hydrogen-bond donors (Lipinski definition) is 2. The number of aryl methyl sites for hydroxylation is 1. The van der Waals surface area contributed by atoms with Crippen LogP contribution in [0.5, 0.6) is 0 Å². The summed E-state index contributed by atoms with van der Waals surface area (Å²) in [5, 5.41) is 4.61. The zero-order valence-corrected chi connectivity index (χ0v) is 12.9. The van der Waals surface area contributed by atoms with Gasteiger partial charge in [0, 0.05) is 22.5 Å². The molecule has 2 N–H and O–H groups in total. The molecule has 4 rings (SSSR count). The molecular weight excluding hydrogens is 304 g/mol. The molecule has 4 aromatic rings. The predicted octanol–water partition coefficient (Wildman–Crippen LogP) is 3.84. The van der Waals surface area contributed by atoms with Gasteiger partial charge >= 0.3 is 0 Å². The second kappa shape index (κ2) is 5.38. The number of pyridine rings is 1. The number of anilines is 1. The molecule has 0 unspecified atom stereocenters. The third-order valence-electron chi connectivity index (χ3n) is 3.96. The molecule has 5 heteroatoms. The highest BCUT2D eigenvalue weighted by molar-refractivity contribution is 6.05. The minimum atomic E-state index is -0.333. The van der Waals surface area contributed by atoms with E-state index in [1.165, 1.54) is 0 Å². The first-order chi connectivity index (χ1) is 11.6. The van der Waals surface area contributed by atoms with E-state index in [0.717, 1.165) is 16.3 Å². The molecule has 2 aromatic carbocycles. The minimum absolute atomic E-state index is 0.166. The van der Waals surface area contributed by atoms with Gasteiger partial charge in [0.1, 0.15) is 5.58 Å². The lowest BCUT2D eigenvalue weighted by Gasteiger charge is -2.06. The Kier molecular flexibility index (Phi) is 3.20. The van der Waals surface area contributed by atoms with E-state index < -0.39 is 0 Å². The molecule has 0 fully saturated rings. The molecule has 0 saturated carbocycles. The zero-order valence-electron chi connectivity index (χ0n) is 12.9. The van der Waals surface area contributed by atoms with Crippen LogP contribution in [0.1, 0.15) is 16.1 Å². The average molecular weight is 318 g/mol. The number of aromatic nitrogens is 1. The number of H-pyrrole nitrogens is 1. The fraction of sp³-hybridized carbons (Fsp3) is 0.0526. The quantitative estimate of drug-likeness (QED) is 0.590. The average Bonchev–Trinajstić information content (AvgIpc) is 2.98. The number of furan rings is 1. The Morgan fingerprint density at radius 1 is 1.08 bits per heavy atom. The van der Waals surface area contributed by atoms with Gasteiger partial charge in [0.05, 0.1) is 5.52 Å². The Labute approximate surface area is 136 Å². The maximum Gasteiger partial charge on any atom is 0.291 e. The molecule has 5 nitrogen and oxygen atoms in total. The maximum absolute atomic E-state index is 12.4. The van der Waals surface area contributed by atoms with Crippen LogP contribution in [0.25, 0.3) is 21.9 Å². The summed E-state index contributed by atoms with van der Waals surface area (Å²) in [7, 11) is 0. The largest absolute Gasteiger partial charge is 0.451 e. The number of carbonyl (C=O) groups is 1. The van der Waals surface area contributed by atoms with Crippen LogP contribution in [-0.4, -0.2) is 10.9 Å². The van der Waals surface area contributed by atoms with Gasteiger partial charge in [-0.3, -0.25) is 9.59 Å². The Morgan fingerprint density at radius 3 is 2.75 bits per heavy atom. The molecular formula is C19H14N2O3. The summed E-state index contributed by atoms with van der Waals surface area (Å²) in [5.74, 6) is -0.0883. The van der Waals surface area contributed by atoms with E-state index in [1.54, 1.807) is 24.3 Å². The Bertz CT molecular complexity index is 1110. The number of fused-ring (bicyclic) bond motifs is 2. The van der Waals surface area contributed by atoms with Crippen molar-refractivity contribution in [1.29, 1.82) is 0 Å². The second-order valence-electron chi connectivity index (χ2n) is 5.68. The van der Waals surface area contributed by atoms with E-state index in [2.05, 4.69) is 10.3 Å². The summed E-state index contributed by atoms with van der Waals surface area (Å²) in [6, 6.07) is 16.1. The van der Waals surface area contributed by atoms with Crippen molar-refractivity contribution in [3.63, 3.8) is 0 Å². The third kappa shape index (κ3) is 2.46. The van der Waals surface area contributed by atoms with E-state index in [0.29, 0.717) is 16.8 Å². The summed E-state index contributed by atoms with van der Waals surface area (Å²) in [4.78, 5) is 26.8. The van der Waals surface area contributed by atoms with E-state index in [4.69, 9.17) is 4.42 Å². The van der Waals surface area contributed by atoms with Crippen LogP contribution in [0.2, 0.25) is 0 Å². The standard InChI is InChI=1S/C19H14N2O3/c1-11-8-18(22)21-15-10-13(6-7-14(11)15)20-19(23)17-9-12-4-2-3-5-16(12)24-17/h2-10H,1H3,(H,20,23)(H,21,22). The summed E-state index contributed by atoms with van der Waals surface area (Å²) in [6.45, 7) is 1.88. The van der Waals surface area contributed by atoms with Crippen LogP contribution in [0, 0.1) is 6.92 Å². The number of hydrogen-bond acceptors (Lipinski definition) is 3. The minimum Gasteiger partial charge on any atom is -0.451 e. The van der Waals surface area contributed by atoms with Gasteiger partial charge < -0.3 is 14.7 Å². The molecule has 0 radical (unpaired) electrons.